The van der Waals surface area contributed by atoms with E-state index >= 15 is 0 Å². The predicted molar refractivity (Wildman–Crippen MR) is 114 cm³/mol. The van der Waals surface area contributed by atoms with Crippen LogP contribution in [0.25, 0.3) is 10.9 Å². The molecule has 6 heteroatoms. The molecule has 6 nitrogen and oxygen atoms in total. The molecule has 0 fully saturated rings. The second-order valence-corrected chi connectivity index (χ2v) is 6.38. The van der Waals surface area contributed by atoms with Crippen molar-refractivity contribution >= 4 is 34.6 Å². The zero-order valence-corrected chi connectivity index (χ0v) is 15.4. The summed E-state index contributed by atoms with van der Waals surface area (Å²) in [5.74, 6) is -0.700. The third-order valence-corrected chi connectivity index (χ3v) is 4.38. The van der Waals surface area contributed by atoms with Crippen molar-refractivity contribution < 1.29 is 9.59 Å². The molecule has 4 rings (SSSR count). The minimum atomic E-state index is -0.415. The SMILES string of the molecule is O=C(Nc1ccccc1C(=O)NN=Cc1cc2ccccc2[nH]1)c1ccccc1. The number of hydrogen-bond donors (Lipinski definition) is 3. The van der Waals surface area contributed by atoms with Crippen LogP contribution in [0.4, 0.5) is 5.69 Å². The van der Waals surface area contributed by atoms with E-state index in [9.17, 15) is 9.59 Å². The standard InChI is InChI=1S/C23H18N4O2/c28-22(16-8-2-1-3-9-16)26-21-13-7-5-11-19(21)23(29)27-24-15-18-14-17-10-4-6-12-20(17)25-18/h1-15,25H,(H,26,28)(H,27,29). The Kier molecular flexibility index (Phi) is 5.16. The van der Waals surface area contributed by atoms with Gasteiger partial charge in [-0.1, -0.05) is 48.5 Å². The topological polar surface area (TPSA) is 86.3 Å². The van der Waals surface area contributed by atoms with E-state index in [-0.39, 0.29) is 5.91 Å². The minimum absolute atomic E-state index is 0.285. The van der Waals surface area contributed by atoms with Crippen molar-refractivity contribution in [3.63, 3.8) is 0 Å². The van der Waals surface area contributed by atoms with E-state index < -0.39 is 5.91 Å². The van der Waals surface area contributed by atoms with E-state index in [0.717, 1.165) is 16.6 Å². The second kappa shape index (κ2) is 8.22. The molecular weight excluding hydrogens is 364 g/mol. The van der Waals surface area contributed by atoms with Crippen molar-refractivity contribution in [1.29, 1.82) is 0 Å². The number of amides is 2. The molecule has 0 saturated carbocycles. The number of hydrogen-bond acceptors (Lipinski definition) is 3. The van der Waals surface area contributed by atoms with Crippen LogP contribution in [-0.2, 0) is 0 Å². The van der Waals surface area contributed by atoms with Crippen LogP contribution in [0.1, 0.15) is 26.4 Å². The van der Waals surface area contributed by atoms with Crippen LogP contribution < -0.4 is 10.7 Å². The van der Waals surface area contributed by atoms with E-state index in [4.69, 9.17) is 0 Å². The van der Waals surface area contributed by atoms with Crippen molar-refractivity contribution in [2.75, 3.05) is 5.32 Å². The first-order chi connectivity index (χ1) is 14.2. The highest BCUT2D eigenvalue weighted by Crippen LogP contribution is 2.17. The lowest BCUT2D eigenvalue weighted by atomic mass is 10.1. The summed E-state index contributed by atoms with van der Waals surface area (Å²) >= 11 is 0. The van der Waals surface area contributed by atoms with Crippen molar-refractivity contribution in [1.82, 2.24) is 10.4 Å². The normalized spacial score (nSPS) is 10.9. The number of nitrogens with one attached hydrogen (secondary N) is 3. The molecule has 0 aliphatic heterocycles. The number of benzene rings is 3. The van der Waals surface area contributed by atoms with Crippen LogP contribution in [-0.4, -0.2) is 23.0 Å². The summed E-state index contributed by atoms with van der Waals surface area (Å²) < 4.78 is 0. The van der Waals surface area contributed by atoms with Crippen molar-refractivity contribution in [2.24, 2.45) is 5.10 Å². The Morgan fingerprint density at radius 1 is 0.828 bits per heavy atom. The number of aromatic nitrogens is 1. The molecule has 0 aliphatic rings. The lowest BCUT2D eigenvalue weighted by molar-refractivity contribution is 0.0956. The van der Waals surface area contributed by atoms with Crippen LogP contribution >= 0.6 is 0 Å². The molecule has 29 heavy (non-hydrogen) atoms. The maximum Gasteiger partial charge on any atom is 0.273 e. The molecule has 4 aromatic rings. The maximum atomic E-state index is 12.6. The fraction of sp³-hybridized carbons (Fsp3) is 0. The summed E-state index contributed by atoms with van der Waals surface area (Å²) in [7, 11) is 0. The molecule has 3 N–H and O–H groups in total. The average molecular weight is 382 g/mol. The zero-order valence-electron chi connectivity index (χ0n) is 15.4. The number of aromatic amines is 1. The van der Waals surface area contributed by atoms with E-state index in [1.807, 2.05) is 36.4 Å². The zero-order chi connectivity index (χ0) is 20.1. The monoisotopic (exact) mass is 382 g/mol. The van der Waals surface area contributed by atoms with Gasteiger partial charge in [-0.3, -0.25) is 9.59 Å². The highest BCUT2D eigenvalue weighted by molar-refractivity contribution is 6.09. The van der Waals surface area contributed by atoms with Gasteiger partial charge in [0.05, 0.1) is 23.2 Å². The molecule has 0 atom stereocenters. The molecule has 1 aromatic heterocycles. The summed E-state index contributed by atoms with van der Waals surface area (Å²) in [5.41, 5.74) is 5.53. The quantitative estimate of drug-likeness (QED) is 0.357. The van der Waals surface area contributed by atoms with Crippen LogP contribution in [0.5, 0.6) is 0 Å². The van der Waals surface area contributed by atoms with E-state index in [1.165, 1.54) is 0 Å². The third-order valence-electron chi connectivity index (χ3n) is 4.38. The van der Waals surface area contributed by atoms with Gasteiger partial charge in [-0.05, 0) is 36.4 Å². The fourth-order valence-electron chi connectivity index (χ4n) is 2.96. The molecular formula is C23H18N4O2. The van der Waals surface area contributed by atoms with Crippen LogP contribution in [0.15, 0.2) is 90.0 Å². The Bertz CT molecular complexity index is 1160. The molecule has 0 spiro atoms. The molecule has 0 aliphatic carbocycles. The maximum absolute atomic E-state index is 12.6. The summed E-state index contributed by atoms with van der Waals surface area (Å²) in [5, 5.41) is 7.86. The first-order valence-corrected chi connectivity index (χ1v) is 9.07. The Morgan fingerprint density at radius 2 is 1.55 bits per heavy atom. The van der Waals surface area contributed by atoms with Crippen molar-refractivity contribution in [3.05, 3.63) is 102 Å². The Labute approximate surface area is 167 Å². The van der Waals surface area contributed by atoms with E-state index in [0.29, 0.717) is 16.8 Å². The lowest BCUT2D eigenvalue weighted by Gasteiger charge is -2.10. The summed E-state index contributed by atoms with van der Waals surface area (Å²) in [4.78, 5) is 28.2. The van der Waals surface area contributed by atoms with Gasteiger partial charge < -0.3 is 10.3 Å². The summed E-state index contributed by atoms with van der Waals surface area (Å²) in [6.45, 7) is 0. The fourth-order valence-corrected chi connectivity index (χ4v) is 2.96. The van der Waals surface area contributed by atoms with Crippen LogP contribution in [0, 0.1) is 0 Å². The van der Waals surface area contributed by atoms with Crippen LogP contribution in [0.2, 0.25) is 0 Å². The number of H-pyrrole nitrogens is 1. The lowest BCUT2D eigenvalue weighted by Crippen LogP contribution is -2.21. The largest absolute Gasteiger partial charge is 0.354 e. The number of anilines is 1. The van der Waals surface area contributed by atoms with Gasteiger partial charge in [0.15, 0.2) is 0 Å². The van der Waals surface area contributed by atoms with Gasteiger partial charge in [-0.2, -0.15) is 5.10 Å². The Morgan fingerprint density at radius 3 is 2.38 bits per heavy atom. The number of carbonyl (C=O) groups is 2. The number of rotatable bonds is 5. The highest BCUT2D eigenvalue weighted by Gasteiger charge is 2.13. The average Bonchev–Trinajstić information content (AvgIpc) is 3.17. The number of carbonyl (C=O) groups excluding carboxylic acids is 2. The van der Waals surface area contributed by atoms with Crippen LogP contribution in [0.3, 0.4) is 0 Å². The summed E-state index contributed by atoms with van der Waals surface area (Å²) in [6, 6.07) is 25.4. The van der Waals surface area contributed by atoms with Gasteiger partial charge in [0, 0.05) is 16.5 Å². The highest BCUT2D eigenvalue weighted by atomic mass is 16.2. The number of fused-ring (bicyclic) bond motifs is 1. The molecule has 1 heterocycles. The first kappa shape index (κ1) is 18.2. The Hall–Kier alpha value is -4.19. The molecule has 0 radical (unpaired) electrons. The van der Waals surface area contributed by atoms with Gasteiger partial charge in [0.25, 0.3) is 11.8 Å². The van der Waals surface area contributed by atoms with Gasteiger partial charge >= 0.3 is 0 Å². The molecule has 2 amide bonds. The predicted octanol–water partition coefficient (Wildman–Crippen LogP) is 4.18. The minimum Gasteiger partial charge on any atom is -0.354 e. The van der Waals surface area contributed by atoms with Gasteiger partial charge in [0.2, 0.25) is 0 Å². The summed E-state index contributed by atoms with van der Waals surface area (Å²) in [6.07, 6.45) is 1.54. The molecule has 142 valence electrons. The van der Waals surface area contributed by atoms with Gasteiger partial charge in [-0.15, -0.1) is 0 Å². The van der Waals surface area contributed by atoms with Crippen molar-refractivity contribution in [3.8, 4) is 0 Å². The van der Waals surface area contributed by atoms with Crippen molar-refractivity contribution in [2.45, 2.75) is 0 Å². The van der Waals surface area contributed by atoms with Gasteiger partial charge in [0.1, 0.15) is 0 Å². The smallest absolute Gasteiger partial charge is 0.273 e. The molecule has 0 unspecified atom stereocenters. The Balaban J connectivity index is 1.46. The van der Waals surface area contributed by atoms with Gasteiger partial charge in [-0.25, -0.2) is 5.43 Å². The number of nitrogens with zero attached hydrogens (tertiary/aromatic N) is 1. The van der Waals surface area contributed by atoms with E-state index in [2.05, 4.69) is 20.8 Å². The second-order valence-electron chi connectivity index (χ2n) is 6.38. The molecule has 3 aromatic carbocycles. The molecule has 0 saturated heterocycles. The third kappa shape index (κ3) is 4.22. The number of para-hydroxylation sites is 2. The van der Waals surface area contributed by atoms with E-state index in [1.54, 1.807) is 54.7 Å². The number of hydrazone groups is 1. The first-order valence-electron chi connectivity index (χ1n) is 9.07. The molecule has 0 bridgehead atoms.